The molecule has 1 rings (SSSR count). The molecule has 2 N–H and O–H groups in total. The second-order valence-electron chi connectivity index (χ2n) is 2.80. The molecule has 0 heterocycles. The monoisotopic (exact) mass is 194 g/mol. The van der Waals surface area contributed by atoms with E-state index in [1.54, 1.807) is 24.3 Å². The van der Waals surface area contributed by atoms with Gasteiger partial charge in [-0.1, -0.05) is 18.2 Å². The van der Waals surface area contributed by atoms with Crippen LogP contribution in [0.4, 0.5) is 0 Å². The summed E-state index contributed by atoms with van der Waals surface area (Å²) in [5.74, 6) is -0.283. The summed E-state index contributed by atoms with van der Waals surface area (Å²) in [6, 6.07) is 8.79. The highest BCUT2D eigenvalue weighted by Crippen LogP contribution is 2.12. The van der Waals surface area contributed by atoms with Gasteiger partial charge in [0.1, 0.15) is 5.75 Å². The molecule has 0 spiro atoms. The maximum absolute atomic E-state index is 10.8. The van der Waals surface area contributed by atoms with Crippen molar-refractivity contribution in [2.75, 3.05) is 6.61 Å². The van der Waals surface area contributed by atoms with E-state index >= 15 is 0 Å². The van der Waals surface area contributed by atoms with Crippen LogP contribution in [0.25, 0.3) is 0 Å². The average molecular weight is 194 g/mol. The van der Waals surface area contributed by atoms with Crippen molar-refractivity contribution < 1.29 is 14.6 Å². The van der Waals surface area contributed by atoms with E-state index < -0.39 is 12.0 Å². The number of amides is 1. The van der Waals surface area contributed by atoms with E-state index in [9.17, 15) is 4.79 Å². The van der Waals surface area contributed by atoms with Crippen molar-refractivity contribution in [3.05, 3.63) is 30.3 Å². The van der Waals surface area contributed by atoms with Crippen molar-refractivity contribution in [3.8, 4) is 5.75 Å². The number of hydrogen-bond donors (Lipinski definition) is 1. The van der Waals surface area contributed by atoms with E-state index in [4.69, 9.17) is 15.6 Å². The molecule has 0 bridgehead atoms. The minimum atomic E-state index is -0.873. The van der Waals surface area contributed by atoms with Gasteiger partial charge in [-0.3, -0.25) is 10.5 Å². The van der Waals surface area contributed by atoms with Crippen molar-refractivity contribution in [3.63, 3.8) is 0 Å². The fourth-order valence-electron chi connectivity index (χ4n) is 1.02. The largest absolute Gasteiger partial charge is 0.480 e. The van der Waals surface area contributed by atoms with Gasteiger partial charge in [0, 0.05) is 13.0 Å². The predicted octanol–water partition coefficient (Wildman–Crippen LogP) is 0.626. The summed E-state index contributed by atoms with van der Waals surface area (Å²) < 4.78 is 5.22. The summed E-state index contributed by atoms with van der Waals surface area (Å²) in [6.07, 6.45) is -0.723. The molecule has 0 aliphatic heterocycles. The van der Waals surface area contributed by atoms with Gasteiger partial charge in [0.2, 0.25) is 0 Å². The van der Waals surface area contributed by atoms with E-state index in [0.717, 1.165) is 0 Å². The van der Waals surface area contributed by atoms with E-state index in [-0.39, 0.29) is 13.0 Å². The fraction of sp³-hybridized carbons (Fsp3) is 0.300. The lowest BCUT2D eigenvalue weighted by Crippen LogP contribution is -2.29. The Morgan fingerprint density at radius 2 is 2.07 bits per heavy atom. The first-order valence-electron chi connectivity index (χ1n) is 4.32. The number of carbonyl (C=O) groups excluding carboxylic acids is 1. The Hall–Kier alpha value is -1.55. The molecule has 14 heavy (non-hydrogen) atoms. The number of para-hydroxylation sites is 1. The third-order valence-corrected chi connectivity index (χ3v) is 1.71. The molecule has 1 atom stereocenters. The third-order valence-electron chi connectivity index (χ3n) is 1.71. The third kappa shape index (κ3) is 3.06. The molecule has 0 aromatic heterocycles. The van der Waals surface area contributed by atoms with Crippen LogP contribution in [0.1, 0.15) is 6.42 Å². The van der Waals surface area contributed by atoms with Gasteiger partial charge in [-0.2, -0.15) is 0 Å². The van der Waals surface area contributed by atoms with E-state index in [2.05, 4.69) is 0 Å². The molecule has 0 aliphatic carbocycles. The number of aliphatic hydroxyl groups is 1. The maximum Gasteiger partial charge on any atom is 0.279 e. The number of nitrogens with one attached hydrogen (secondary N) is 1. The predicted molar refractivity (Wildman–Crippen MR) is 50.7 cm³/mol. The molecule has 75 valence electrons. The van der Waals surface area contributed by atoms with Gasteiger partial charge in [-0.25, -0.2) is 0 Å². The lowest BCUT2D eigenvalue weighted by Gasteiger charge is -2.13. The van der Waals surface area contributed by atoms with Gasteiger partial charge in [-0.05, 0) is 12.1 Å². The summed E-state index contributed by atoms with van der Waals surface area (Å²) in [7, 11) is 0. The van der Waals surface area contributed by atoms with E-state index in [1.807, 2.05) is 6.07 Å². The molecule has 0 fully saturated rings. The minimum absolute atomic E-state index is 0.150. The molecule has 0 saturated carbocycles. The van der Waals surface area contributed by atoms with Gasteiger partial charge in [0.25, 0.3) is 5.91 Å². The number of aliphatic hydroxyl groups excluding tert-OH is 1. The first kappa shape index (κ1) is 10.5. The molecular weight excluding hydrogens is 182 g/mol. The lowest BCUT2D eigenvalue weighted by molar-refractivity contribution is -0.126. The first-order chi connectivity index (χ1) is 6.74. The van der Waals surface area contributed by atoms with Crippen LogP contribution in [0, 0.1) is 0 Å². The first-order valence-corrected chi connectivity index (χ1v) is 4.32. The van der Waals surface area contributed by atoms with E-state index in [0.29, 0.717) is 5.75 Å². The molecule has 1 radical (unpaired) electrons. The SMILES string of the molecule is [NH]C(=O)C(CCO)Oc1ccccc1. The number of rotatable bonds is 5. The molecule has 1 aromatic rings. The van der Waals surface area contributed by atoms with Gasteiger partial charge in [0.05, 0.1) is 0 Å². The molecule has 4 heteroatoms. The van der Waals surface area contributed by atoms with Crippen LogP contribution in [-0.2, 0) is 4.79 Å². The Labute approximate surface area is 82.3 Å². The number of carbonyl (C=O) groups is 1. The lowest BCUT2D eigenvalue weighted by atomic mass is 10.2. The summed E-state index contributed by atoms with van der Waals surface area (Å²) in [4.78, 5) is 10.8. The minimum Gasteiger partial charge on any atom is -0.480 e. The fourth-order valence-corrected chi connectivity index (χ4v) is 1.02. The van der Waals surface area contributed by atoms with Crippen LogP contribution >= 0.6 is 0 Å². The van der Waals surface area contributed by atoms with Crippen LogP contribution < -0.4 is 10.5 Å². The van der Waals surface area contributed by atoms with E-state index in [1.165, 1.54) is 0 Å². The quantitative estimate of drug-likeness (QED) is 0.747. The highest BCUT2D eigenvalue weighted by Gasteiger charge is 2.16. The Balaban J connectivity index is 2.60. The molecule has 0 saturated heterocycles. The Kier molecular flexibility index (Phi) is 3.94. The van der Waals surface area contributed by atoms with Crippen LogP contribution in [0.15, 0.2) is 30.3 Å². The summed E-state index contributed by atoms with van der Waals surface area (Å²) >= 11 is 0. The Bertz CT molecular complexity index is 287. The summed E-state index contributed by atoms with van der Waals surface area (Å²) in [5.41, 5.74) is 6.91. The summed E-state index contributed by atoms with van der Waals surface area (Å²) in [5, 5.41) is 8.65. The van der Waals surface area contributed by atoms with Crippen LogP contribution in [-0.4, -0.2) is 23.7 Å². The normalized spacial score (nSPS) is 12.1. The molecule has 1 aromatic carbocycles. The van der Waals surface area contributed by atoms with Crippen molar-refractivity contribution in [2.45, 2.75) is 12.5 Å². The molecule has 1 unspecified atom stereocenters. The highest BCUT2D eigenvalue weighted by molar-refractivity contribution is 5.78. The van der Waals surface area contributed by atoms with Crippen LogP contribution in [0.3, 0.4) is 0 Å². The zero-order chi connectivity index (χ0) is 10.4. The highest BCUT2D eigenvalue weighted by atomic mass is 16.5. The topological polar surface area (TPSA) is 70.3 Å². The maximum atomic E-state index is 10.8. The van der Waals surface area contributed by atoms with Gasteiger partial charge < -0.3 is 9.84 Å². The standard InChI is InChI=1S/C10H12NO3/c11-10(13)9(6-7-12)14-8-4-2-1-3-5-8/h1-5,9,11-12H,6-7H2. The zero-order valence-corrected chi connectivity index (χ0v) is 7.64. The number of benzene rings is 1. The molecule has 4 nitrogen and oxygen atoms in total. The van der Waals surface area contributed by atoms with Gasteiger partial charge in [0.15, 0.2) is 6.10 Å². The van der Waals surface area contributed by atoms with Crippen molar-refractivity contribution in [2.24, 2.45) is 0 Å². The number of ether oxygens (including phenoxy) is 1. The average Bonchev–Trinajstić information content (AvgIpc) is 2.18. The molecule has 1 amide bonds. The van der Waals surface area contributed by atoms with Crippen LogP contribution in [0.2, 0.25) is 0 Å². The number of hydrogen-bond acceptors (Lipinski definition) is 3. The molecular formula is C10H12NO3. The Morgan fingerprint density at radius 1 is 1.43 bits per heavy atom. The van der Waals surface area contributed by atoms with Gasteiger partial charge >= 0.3 is 0 Å². The van der Waals surface area contributed by atoms with Crippen molar-refractivity contribution >= 4 is 5.91 Å². The smallest absolute Gasteiger partial charge is 0.279 e. The zero-order valence-electron chi connectivity index (χ0n) is 7.64. The van der Waals surface area contributed by atoms with Crippen molar-refractivity contribution in [1.29, 1.82) is 0 Å². The van der Waals surface area contributed by atoms with Crippen LogP contribution in [0.5, 0.6) is 5.75 Å². The Morgan fingerprint density at radius 3 is 2.57 bits per heavy atom. The molecule has 0 aliphatic rings. The second-order valence-corrected chi connectivity index (χ2v) is 2.80. The van der Waals surface area contributed by atoms with Crippen molar-refractivity contribution in [1.82, 2.24) is 5.73 Å². The second kappa shape index (κ2) is 5.24. The van der Waals surface area contributed by atoms with Gasteiger partial charge in [-0.15, -0.1) is 0 Å². The summed E-state index contributed by atoms with van der Waals surface area (Å²) in [6.45, 7) is -0.165.